The topological polar surface area (TPSA) is 93.3 Å². The van der Waals surface area contributed by atoms with Crippen LogP contribution in [0.1, 0.15) is 12.5 Å². The zero-order valence-electron chi connectivity index (χ0n) is 14.5. The standard InChI is InChI=1S/C19H19N3O4/c1-3-21-18(25)13-6-4-5-7-15(13)22(19(21)26)11-17(24)20-14-9-8-12(2)10-16(14)23/h4-10,23H,3,11H2,1-2H3,(H,20,24). The van der Waals surface area contributed by atoms with Crippen molar-refractivity contribution in [1.29, 1.82) is 0 Å². The molecule has 0 atom stereocenters. The van der Waals surface area contributed by atoms with E-state index >= 15 is 0 Å². The van der Waals surface area contributed by atoms with E-state index in [4.69, 9.17) is 0 Å². The average molecular weight is 353 g/mol. The molecule has 0 aliphatic carbocycles. The van der Waals surface area contributed by atoms with Crippen LogP contribution in [0.3, 0.4) is 0 Å². The third kappa shape index (κ3) is 3.11. The third-order valence-electron chi connectivity index (χ3n) is 4.18. The number of hydrogen-bond acceptors (Lipinski definition) is 4. The minimum Gasteiger partial charge on any atom is -0.506 e. The number of rotatable bonds is 4. The number of aromatic hydroxyl groups is 1. The first-order valence-corrected chi connectivity index (χ1v) is 8.24. The van der Waals surface area contributed by atoms with Gasteiger partial charge in [0, 0.05) is 6.54 Å². The van der Waals surface area contributed by atoms with Crippen LogP contribution in [0.25, 0.3) is 10.9 Å². The van der Waals surface area contributed by atoms with Crippen molar-refractivity contribution in [3.8, 4) is 5.75 Å². The van der Waals surface area contributed by atoms with E-state index in [1.807, 2.05) is 6.92 Å². The number of aromatic nitrogens is 2. The smallest absolute Gasteiger partial charge is 0.331 e. The van der Waals surface area contributed by atoms with Crippen molar-refractivity contribution in [2.24, 2.45) is 0 Å². The average Bonchev–Trinajstić information content (AvgIpc) is 2.61. The summed E-state index contributed by atoms with van der Waals surface area (Å²) in [5, 5.41) is 12.9. The number of nitrogens with zero attached hydrogens (tertiary/aromatic N) is 2. The molecule has 0 unspecified atom stereocenters. The van der Waals surface area contributed by atoms with Gasteiger partial charge in [0.05, 0.1) is 16.6 Å². The van der Waals surface area contributed by atoms with E-state index < -0.39 is 11.6 Å². The fraction of sp³-hybridized carbons (Fsp3) is 0.211. The van der Waals surface area contributed by atoms with Crippen LogP contribution < -0.4 is 16.6 Å². The highest BCUT2D eigenvalue weighted by atomic mass is 16.3. The molecule has 1 aromatic heterocycles. The number of carbonyl (C=O) groups excluding carboxylic acids is 1. The normalized spacial score (nSPS) is 10.8. The number of nitrogens with one attached hydrogen (secondary N) is 1. The summed E-state index contributed by atoms with van der Waals surface area (Å²) in [6, 6.07) is 11.6. The van der Waals surface area contributed by atoms with Crippen molar-refractivity contribution in [3.05, 3.63) is 68.9 Å². The summed E-state index contributed by atoms with van der Waals surface area (Å²) in [5.74, 6) is -0.521. The van der Waals surface area contributed by atoms with Gasteiger partial charge in [-0.1, -0.05) is 18.2 Å². The number of benzene rings is 2. The SMILES string of the molecule is CCn1c(=O)c2ccccc2n(CC(=O)Nc2ccc(C)cc2O)c1=O. The molecule has 0 saturated carbocycles. The molecule has 0 spiro atoms. The van der Waals surface area contributed by atoms with E-state index in [1.54, 1.807) is 43.3 Å². The van der Waals surface area contributed by atoms with Crippen LogP contribution in [-0.2, 0) is 17.9 Å². The lowest BCUT2D eigenvalue weighted by Gasteiger charge is -2.13. The fourth-order valence-electron chi connectivity index (χ4n) is 2.88. The molecule has 134 valence electrons. The van der Waals surface area contributed by atoms with E-state index in [0.717, 1.165) is 10.1 Å². The molecule has 2 aromatic carbocycles. The molecular weight excluding hydrogens is 334 g/mol. The summed E-state index contributed by atoms with van der Waals surface area (Å²) >= 11 is 0. The van der Waals surface area contributed by atoms with Crippen LogP contribution in [0, 0.1) is 6.92 Å². The first-order chi connectivity index (χ1) is 12.4. The van der Waals surface area contributed by atoms with Crippen molar-refractivity contribution in [3.63, 3.8) is 0 Å². The lowest BCUT2D eigenvalue weighted by atomic mass is 10.2. The first kappa shape index (κ1) is 17.5. The van der Waals surface area contributed by atoms with Gasteiger partial charge in [-0.3, -0.25) is 18.7 Å². The van der Waals surface area contributed by atoms with E-state index in [-0.39, 0.29) is 30.1 Å². The minimum absolute atomic E-state index is 0.0471. The number of amides is 1. The molecule has 0 saturated heterocycles. The summed E-state index contributed by atoms with van der Waals surface area (Å²) < 4.78 is 2.36. The number of fused-ring (bicyclic) bond motifs is 1. The number of hydrogen-bond donors (Lipinski definition) is 2. The molecule has 1 amide bonds. The summed E-state index contributed by atoms with van der Waals surface area (Å²) in [5.41, 5.74) is 0.607. The largest absolute Gasteiger partial charge is 0.506 e. The maximum atomic E-state index is 12.6. The monoisotopic (exact) mass is 353 g/mol. The Morgan fingerprint density at radius 3 is 2.54 bits per heavy atom. The van der Waals surface area contributed by atoms with Gasteiger partial charge in [-0.25, -0.2) is 4.79 Å². The zero-order valence-corrected chi connectivity index (χ0v) is 14.5. The second-order valence-electron chi connectivity index (χ2n) is 6.00. The molecule has 0 fully saturated rings. The number of phenolic OH excluding ortho intramolecular Hbond substituents is 1. The van der Waals surface area contributed by atoms with Gasteiger partial charge in [0.25, 0.3) is 5.56 Å². The molecule has 0 radical (unpaired) electrons. The molecule has 3 aromatic rings. The Morgan fingerprint density at radius 2 is 1.85 bits per heavy atom. The summed E-state index contributed by atoms with van der Waals surface area (Å²) in [6.45, 7) is 3.47. The minimum atomic E-state index is -0.542. The molecule has 3 rings (SSSR count). The maximum Gasteiger partial charge on any atom is 0.331 e. The number of aryl methyl sites for hydroxylation is 1. The lowest BCUT2D eigenvalue weighted by molar-refractivity contribution is -0.116. The van der Waals surface area contributed by atoms with Gasteiger partial charge < -0.3 is 10.4 Å². The summed E-state index contributed by atoms with van der Waals surface area (Å²) in [7, 11) is 0. The maximum absolute atomic E-state index is 12.6. The van der Waals surface area contributed by atoms with E-state index in [2.05, 4.69) is 5.32 Å². The number of anilines is 1. The van der Waals surface area contributed by atoms with Crippen LogP contribution in [0.2, 0.25) is 0 Å². The highest BCUT2D eigenvalue weighted by molar-refractivity contribution is 5.93. The summed E-state index contributed by atoms with van der Waals surface area (Å²) in [6.07, 6.45) is 0. The van der Waals surface area contributed by atoms with Gasteiger partial charge in [0.2, 0.25) is 5.91 Å². The molecular formula is C19H19N3O4. The van der Waals surface area contributed by atoms with E-state index in [9.17, 15) is 19.5 Å². The predicted molar refractivity (Wildman–Crippen MR) is 99.6 cm³/mol. The third-order valence-corrected chi connectivity index (χ3v) is 4.18. The first-order valence-electron chi connectivity index (χ1n) is 8.24. The Labute approximate surface area is 149 Å². The number of phenols is 1. The van der Waals surface area contributed by atoms with Gasteiger partial charge in [-0.2, -0.15) is 0 Å². The van der Waals surface area contributed by atoms with Crippen molar-refractivity contribution >= 4 is 22.5 Å². The van der Waals surface area contributed by atoms with E-state index in [0.29, 0.717) is 10.9 Å². The second kappa shape index (κ2) is 6.87. The zero-order chi connectivity index (χ0) is 18.8. The highest BCUT2D eigenvalue weighted by Crippen LogP contribution is 2.23. The fourth-order valence-corrected chi connectivity index (χ4v) is 2.88. The van der Waals surface area contributed by atoms with E-state index in [1.165, 1.54) is 10.6 Å². The van der Waals surface area contributed by atoms with Gasteiger partial charge >= 0.3 is 5.69 Å². The van der Waals surface area contributed by atoms with Gasteiger partial charge in [-0.05, 0) is 43.7 Å². The molecule has 2 N–H and O–H groups in total. The quantitative estimate of drug-likeness (QED) is 0.700. The molecule has 0 aliphatic rings. The van der Waals surface area contributed by atoms with Crippen LogP contribution in [0.5, 0.6) is 5.75 Å². The molecule has 1 heterocycles. The number of carbonyl (C=O) groups is 1. The lowest BCUT2D eigenvalue weighted by Crippen LogP contribution is -2.41. The van der Waals surface area contributed by atoms with Crippen LogP contribution in [0.4, 0.5) is 5.69 Å². The predicted octanol–water partition coefficient (Wildman–Crippen LogP) is 1.84. The van der Waals surface area contributed by atoms with Crippen molar-refractivity contribution in [2.75, 3.05) is 5.32 Å². The van der Waals surface area contributed by atoms with Crippen LogP contribution >= 0.6 is 0 Å². The Bertz CT molecular complexity index is 1110. The van der Waals surface area contributed by atoms with Gasteiger partial charge in [-0.15, -0.1) is 0 Å². The molecule has 0 aliphatic heterocycles. The Hall–Kier alpha value is -3.35. The molecule has 26 heavy (non-hydrogen) atoms. The summed E-state index contributed by atoms with van der Waals surface area (Å²) in [4.78, 5) is 37.5. The number of para-hydroxylation sites is 1. The van der Waals surface area contributed by atoms with Crippen LogP contribution in [-0.4, -0.2) is 20.1 Å². The van der Waals surface area contributed by atoms with Crippen molar-refractivity contribution in [1.82, 2.24) is 9.13 Å². The molecule has 7 nitrogen and oxygen atoms in total. The van der Waals surface area contributed by atoms with Gasteiger partial charge in [0.15, 0.2) is 0 Å². The van der Waals surface area contributed by atoms with Crippen molar-refractivity contribution in [2.45, 2.75) is 26.9 Å². The van der Waals surface area contributed by atoms with Crippen LogP contribution in [0.15, 0.2) is 52.1 Å². The van der Waals surface area contributed by atoms with Gasteiger partial charge in [0.1, 0.15) is 12.3 Å². The Morgan fingerprint density at radius 1 is 1.12 bits per heavy atom. The Balaban J connectivity index is 2.02. The Kier molecular flexibility index (Phi) is 4.62. The second-order valence-corrected chi connectivity index (χ2v) is 6.00. The molecule has 7 heteroatoms. The molecule has 0 bridgehead atoms. The van der Waals surface area contributed by atoms with Crippen molar-refractivity contribution < 1.29 is 9.90 Å². The highest BCUT2D eigenvalue weighted by Gasteiger charge is 2.15.